The average Bonchev–Trinajstić information content (AvgIpc) is 3.44. The molecule has 1 saturated carbocycles. The third kappa shape index (κ3) is 3.55. The highest BCUT2D eigenvalue weighted by atomic mass is 16.5. The van der Waals surface area contributed by atoms with Gasteiger partial charge in [-0.05, 0) is 37.5 Å². The Balaban J connectivity index is 1.63. The van der Waals surface area contributed by atoms with Crippen molar-refractivity contribution in [2.24, 2.45) is 0 Å². The molecule has 0 spiro atoms. The maximum Gasteiger partial charge on any atom is 0.232 e. The first-order valence-electron chi connectivity index (χ1n) is 8.53. The van der Waals surface area contributed by atoms with E-state index in [1.165, 1.54) is 0 Å². The van der Waals surface area contributed by atoms with Crippen molar-refractivity contribution in [3.63, 3.8) is 0 Å². The largest absolute Gasteiger partial charge is 0.477 e. The van der Waals surface area contributed by atoms with Gasteiger partial charge >= 0.3 is 0 Å². The van der Waals surface area contributed by atoms with E-state index in [-0.39, 0.29) is 5.91 Å². The summed E-state index contributed by atoms with van der Waals surface area (Å²) in [4.78, 5) is 21.3. The lowest BCUT2D eigenvalue weighted by Crippen LogP contribution is -2.35. The first-order valence-corrected chi connectivity index (χ1v) is 8.53. The normalized spacial score (nSPS) is 14.9. The molecule has 0 radical (unpaired) electrons. The average molecular weight is 325 g/mol. The van der Waals surface area contributed by atoms with E-state index in [0.717, 1.165) is 36.9 Å². The summed E-state index contributed by atoms with van der Waals surface area (Å²) in [5.74, 6) is 0.637. The summed E-state index contributed by atoms with van der Waals surface area (Å²) in [6.07, 6.45) is 7.22. The molecule has 1 N–H and O–H groups in total. The number of hydrogen-bond acceptors (Lipinski definition) is 4. The van der Waals surface area contributed by atoms with E-state index in [9.17, 15) is 4.79 Å². The Hall–Kier alpha value is -2.43. The summed E-state index contributed by atoms with van der Waals surface area (Å²) in [7, 11) is 0. The van der Waals surface area contributed by atoms with Crippen molar-refractivity contribution in [3.8, 4) is 5.88 Å². The van der Waals surface area contributed by atoms with E-state index >= 15 is 0 Å². The van der Waals surface area contributed by atoms with Crippen LogP contribution in [0.4, 0.5) is 0 Å². The molecule has 126 valence electrons. The highest BCUT2D eigenvalue weighted by Gasteiger charge is 2.52. The number of rotatable bonds is 8. The maximum absolute atomic E-state index is 12.7. The van der Waals surface area contributed by atoms with Crippen molar-refractivity contribution in [1.82, 2.24) is 15.3 Å². The van der Waals surface area contributed by atoms with Crippen molar-refractivity contribution in [2.45, 2.75) is 44.6 Å². The number of aromatic nitrogens is 2. The van der Waals surface area contributed by atoms with Crippen LogP contribution in [0.25, 0.3) is 0 Å². The van der Waals surface area contributed by atoms with Gasteiger partial charge in [0.1, 0.15) is 0 Å². The van der Waals surface area contributed by atoms with Crippen LogP contribution in [-0.2, 0) is 16.8 Å². The molecule has 5 heteroatoms. The highest BCUT2D eigenvalue weighted by molar-refractivity contribution is 5.90. The minimum atomic E-state index is -0.452. The van der Waals surface area contributed by atoms with Crippen molar-refractivity contribution < 1.29 is 9.53 Å². The summed E-state index contributed by atoms with van der Waals surface area (Å²) in [5.41, 5.74) is 1.30. The Labute approximate surface area is 142 Å². The molecule has 0 aromatic carbocycles. The predicted octanol–water partition coefficient (Wildman–Crippen LogP) is 3.00. The number of hydrogen-bond donors (Lipinski definition) is 1. The molecule has 0 bridgehead atoms. The van der Waals surface area contributed by atoms with Gasteiger partial charge in [0.05, 0.1) is 17.7 Å². The van der Waals surface area contributed by atoms with Crippen molar-refractivity contribution >= 4 is 5.91 Å². The van der Waals surface area contributed by atoms with Gasteiger partial charge in [-0.2, -0.15) is 0 Å². The smallest absolute Gasteiger partial charge is 0.232 e. The van der Waals surface area contributed by atoms with Gasteiger partial charge in [0.2, 0.25) is 11.8 Å². The number of unbranched alkanes of at least 4 members (excludes halogenated alkanes) is 1. The number of nitrogens with zero attached hydrogens (tertiary/aromatic N) is 2. The molecule has 0 aliphatic heterocycles. The molecule has 1 fully saturated rings. The van der Waals surface area contributed by atoms with Crippen LogP contribution in [0.3, 0.4) is 0 Å². The van der Waals surface area contributed by atoms with Crippen molar-refractivity contribution in [1.29, 1.82) is 0 Å². The molecule has 1 aliphatic carbocycles. The summed E-state index contributed by atoms with van der Waals surface area (Å²) in [6.45, 7) is 3.19. The van der Waals surface area contributed by atoms with Gasteiger partial charge in [0.15, 0.2) is 0 Å². The van der Waals surface area contributed by atoms with Crippen LogP contribution >= 0.6 is 0 Å². The quantitative estimate of drug-likeness (QED) is 0.758. The molecule has 2 aromatic heterocycles. The van der Waals surface area contributed by atoms with Crippen molar-refractivity contribution in [2.75, 3.05) is 6.61 Å². The van der Waals surface area contributed by atoms with Gasteiger partial charge in [-0.15, -0.1) is 0 Å². The van der Waals surface area contributed by atoms with Crippen LogP contribution in [0, 0.1) is 0 Å². The summed E-state index contributed by atoms with van der Waals surface area (Å²) >= 11 is 0. The number of carbonyl (C=O) groups is 1. The minimum Gasteiger partial charge on any atom is -0.477 e. The van der Waals surface area contributed by atoms with E-state index in [4.69, 9.17) is 4.74 Å². The van der Waals surface area contributed by atoms with E-state index in [1.54, 1.807) is 12.4 Å². The first kappa shape index (κ1) is 16.4. The number of pyridine rings is 2. The molecule has 1 amide bonds. The van der Waals surface area contributed by atoms with Crippen LogP contribution in [0.1, 0.15) is 43.9 Å². The monoisotopic (exact) mass is 325 g/mol. The van der Waals surface area contributed by atoms with Crippen LogP contribution in [0.2, 0.25) is 0 Å². The Bertz CT molecular complexity index is 684. The number of amides is 1. The maximum atomic E-state index is 12.7. The van der Waals surface area contributed by atoms with Crippen molar-refractivity contribution in [3.05, 3.63) is 54.0 Å². The number of nitrogens with one attached hydrogen (secondary N) is 1. The number of ether oxygens (including phenoxy) is 1. The SMILES string of the molecule is CCCCOc1ncccc1CNC(=O)C1(c2ccccn2)CC1. The second kappa shape index (κ2) is 7.43. The second-order valence-corrected chi connectivity index (χ2v) is 6.15. The zero-order chi connectivity index (χ0) is 16.8. The Kier molecular flexibility index (Phi) is 5.08. The van der Waals surface area contributed by atoms with Gasteiger partial charge in [0, 0.05) is 24.5 Å². The summed E-state index contributed by atoms with van der Waals surface area (Å²) < 4.78 is 5.72. The lowest BCUT2D eigenvalue weighted by molar-refractivity contribution is -0.123. The summed E-state index contributed by atoms with van der Waals surface area (Å²) in [5, 5.41) is 3.03. The highest BCUT2D eigenvalue weighted by Crippen LogP contribution is 2.47. The fourth-order valence-electron chi connectivity index (χ4n) is 2.72. The fourth-order valence-corrected chi connectivity index (χ4v) is 2.72. The fraction of sp³-hybridized carbons (Fsp3) is 0.421. The van der Waals surface area contributed by atoms with Crippen LogP contribution in [-0.4, -0.2) is 22.5 Å². The Morgan fingerprint density at radius 2 is 2.04 bits per heavy atom. The van der Waals surface area contributed by atoms with Gasteiger partial charge < -0.3 is 10.1 Å². The van der Waals surface area contributed by atoms with Gasteiger partial charge in [-0.1, -0.05) is 25.5 Å². The Morgan fingerprint density at radius 1 is 1.21 bits per heavy atom. The standard InChI is InChI=1S/C19H23N3O2/c1-2-3-13-24-17-15(7-6-12-21-17)14-22-18(23)19(9-10-19)16-8-4-5-11-20-16/h4-8,11-12H,2-3,9-10,13-14H2,1H3,(H,22,23). The molecule has 0 saturated heterocycles. The third-order valence-corrected chi connectivity index (χ3v) is 4.37. The topological polar surface area (TPSA) is 64.1 Å². The zero-order valence-corrected chi connectivity index (χ0v) is 14.0. The second-order valence-electron chi connectivity index (χ2n) is 6.15. The Morgan fingerprint density at radius 3 is 2.75 bits per heavy atom. The minimum absolute atomic E-state index is 0.0320. The lowest BCUT2D eigenvalue weighted by atomic mass is 10.0. The molecule has 2 aromatic rings. The number of carbonyl (C=O) groups excluding carboxylic acids is 1. The van der Waals surface area contributed by atoms with E-state index < -0.39 is 5.41 Å². The molecule has 24 heavy (non-hydrogen) atoms. The molecule has 3 rings (SSSR count). The van der Waals surface area contributed by atoms with E-state index in [2.05, 4.69) is 22.2 Å². The summed E-state index contributed by atoms with van der Waals surface area (Å²) in [6, 6.07) is 9.52. The first-order chi connectivity index (χ1) is 11.8. The van der Waals surface area contributed by atoms with Gasteiger partial charge in [-0.25, -0.2) is 4.98 Å². The van der Waals surface area contributed by atoms with Crippen LogP contribution in [0.5, 0.6) is 5.88 Å². The molecule has 1 aliphatic rings. The zero-order valence-electron chi connectivity index (χ0n) is 14.0. The molecule has 0 unspecified atom stereocenters. The third-order valence-electron chi connectivity index (χ3n) is 4.37. The molecule has 2 heterocycles. The van der Waals surface area contributed by atoms with Crippen LogP contribution in [0.15, 0.2) is 42.7 Å². The predicted molar refractivity (Wildman–Crippen MR) is 91.6 cm³/mol. The van der Waals surface area contributed by atoms with E-state index in [1.807, 2.05) is 30.3 Å². The van der Waals surface area contributed by atoms with Gasteiger partial charge in [0.25, 0.3) is 0 Å². The van der Waals surface area contributed by atoms with Gasteiger partial charge in [-0.3, -0.25) is 9.78 Å². The molecular weight excluding hydrogens is 302 g/mol. The molecule has 5 nitrogen and oxygen atoms in total. The molecule has 0 atom stereocenters. The van der Waals surface area contributed by atoms with Crippen LogP contribution < -0.4 is 10.1 Å². The molecular formula is C19H23N3O2. The van der Waals surface area contributed by atoms with E-state index in [0.29, 0.717) is 19.0 Å². The lowest BCUT2D eigenvalue weighted by Gasteiger charge is -2.16.